The van der Waals surface area contributed by atoms with Crippen molar-refractivity contribution in [3.63, 3.8) is 0 Å². The Hall–Kier alpha value is -4.72. The zero-order valence-electron chi connectivity index (χ0n) is 21.1. The molecule has 1 aliphatic carbocycles. The molecule has 0 fully saturated rings. The highest BCUT2D eigenvalue weighted by atomic mass is 32.1. The minimum absolute atomic E-state index is 1.25. The van der Waals surface area contributed by atoms with Gasteiger partial charge in [0.1, 0.15) is 0 Å². The number of fused-ring (bicyclic) bond motifs is 8. The van der Waals surface area contributed by atoms with E-state index in [2.05, 4.69) is 133 Å². The van der Waals surface area contributed by atoms with E-state index in [9.17, 15) is 0 Å². The molecule has 39 heavy (non-hydrogen) atoms. The SMILES string of the molecule is c1cc(-c2ccc3c(c2)-c2cc4ccccc4c4cccc-3c24)cc(-c2ccc3sc4ccccc4c3c2)c1. The van der Waals surface area contributed by atoms with E-state index in [4.69, 9.17) is 0 Å². The normalized spacial score (nSPS) is 12.1. The van der Waals surface area contributed by atoms with E-state index in [1.165, 1.54) is 86.2 Å². The molecule has 1 heteroatoms. The smallest absolute Gasteiger partial charge is 0.0355 e. The largest absolute Gasteiger partial charge is 0.135 e. The standard InChI is InChI=1S/C38H22S/c1-2-10-28-27(7-1)22-35-33-20-25(15-17-29(33)32-13-6-12-31(28)38(32)35)23-8-5-9-24(19-23)26-16-18-37-34(21-26)30-11-3-4-14-36(30)39-37/h1-22H. The van der Waals surface area contributed by atoms with Crippen LogP contribution >= 0.6 is 11.3 Å². The van der Waals surface area contributed by atoms with Gasteiger partial charge in [0.2, 0.25) is 0 Å². The third kappa shape index (κ3) is 3.05. The summed E-state index contributed by atoms with van der Waals surface area (Å²) in [4.78, 5) is 0. The predicted octanol–water partition coefficient (Wildman–Crippen LogP) is 11.3. The highest BCUT2D eigenvalue weighted by Crippen LogP contribution is 2.50. The number of thiophene rings is 1. The molecular weight excluding hydrogens is 488 g/mol. The van der Waals surface area contributed by atoms with Crippen LogP contribution in [0.5, 0.6) is 0 Å². The molecule has 0 spiro atoms. The summed E-state index contributed by atoms with van der Waals surface area (Å²) in [5.41, 5.74) is 10.4. The second kappa shape index (κ2) is 7.89. The Labute approximate surface area is 230 Å². The molecule has 0 unspecified atom stereocenters. The number of hydrogen-bond acceptors (Lipinski definition) is 1. The van der Waals surface area contributed by atoms with Gasteiger partial charge in [-0.15, -0.1) is 11.3 Å². The minimum atomic E-state index is 1.25. The van der Waals surface area contributed by atoms with Gasteiger partial charge in [0.05, 0.1) is 0 Å². The van der Waals surface area contributed by atoms with Gasteiger partial charge in [-0.05, 0) is 102 Å². The van der Waals surface area contributed by atoms with Crippen LogP contribution in [0.15, 0.2) is 133 Å². The Morgan fingerprint density at radius 3 is 1.95 bits per heavy atom. The molecule has 1 aliphatic rings. The van der Waals surface area contributed by atoms with Crippen LogP contribution in [-0.2, 0) is 0 Å². The van der Waals surface area contributed by atoms with Gasteiger partial charge in [0.25, 0.3) is 0 Å². The third-order valence-corrected chi connectivity index (χ3v) is 9.54. The Bertz CT molecular complexity index is 2280. The van der Waals surface area contributed by atoms with Crippen molar-refractivity contribution in [1.29, 1.82) is 0 Å². The molecule has 9 rings (SSSR count). The van der Waals surface area contributed by atoms with Crippen molar-refractivity contribution in [2.24, 2.45) is 0 Å². The van der Waals surface area contributed by atoms with Crippen LogP contribution in [0, 0.1) is 0 Å². The first-order valence-corrected chi connectivity index (χ1v) is 14.2. The number of rotatable bonds is 2. The molecule has 1 heterocycles. The molecule has 0 saturated heterocycles. The highest BCUT2D eigenvalue weighted by Gasteiger charge is 2.23. The number of benzene rings is 7. The van der Waals surface area contributed by atoms with Gasteiger partial charge in [-0.25, -0.2) is 0 Å². The van der Waals surface area contributed by atoms with E-state index < -0.39 is 0 Å². The monoisotopic (exact) mass is 510 g/mol. The van der Waals surface area contributed by atoms with Crippen molar-refractivity contribution < 1.29 is 0 Å². The molecule has 0 nitrogen and oxygen atoms in total. The van der Waals surface area contributed by atoms with E-state index in [0.29, 0.717) is 0 Å². The van der Waals surface area contributed by atoms with Crippen molar-refractivity contribution in [3.8, 4) is 44.5 Å². The lowest BCUT2D eigenvalue weighted by molar-refractivity contribution is 1.60. The molecule has 7 aromatic carbocycles. The first-order valence-electron chi connectivity index (χ1n) is 13.4. The third-order valence-electron chi connectivity index (χ3n) is 8.39. The fourth-order valence-corrected chi connectivity index (χ4v) is 7.65. The Balaban J connectivity index is 1.19. The molecule has 1 aromatic heterocycles. The zero-order chi connectivity index (χ0) is 25.5. The molecule has 180 valence electrons. The van der Waals surface area contributed by atoms with Crippen molar-refractivity contribution in [2.45, 2.75) is 0 Å². The fourth-order valence-electron chi connectivity index (χ4n) is 6.57. The summed E-state index contributed by atoms with van der Waals surface area (Å²) in [7, 11) is 0. The topological polar surface area (TPSA) is 0 Å². The van der Waals surface area contributed by atoms with Crippen LogP contribution in [-0.4, -0.2) is 0 Å². The summed E-state index contributed by atoms with van der Waals surface area (Å²) in [6.45, 7) is 0. The summed E-state index contributed by atoms with van der Waals surface area (Å²) in [6, 6.07) is 49.5. The van der Waals surface area contributed by atoms with Crippen LogP contribution in [0.25, 0.3) is 86.2 Å². The second-order valence-electron chi connectivity index (χ2n) is 10.5. The molecule has 0 radical (unpaired) electrons. The van der Waals surface area contributed by atoms with Crippen LogP contribution in [0.3, 0.4) is 0 Å². The second-order valence-corrected chi connectivity index (χ2v) is 11.6. The molecule has 0 saturated carbocycles. The first-order chi connectivity index (χ1) is 19.3. The van der Waals surface area contributed by atoms with Crippen LogP contribution in [0.1, 0.15) is 0 Å². The predicted molar refractivity (Wildman–Crippen MR) is 170 cm³/mol. The summed E-state index contributed by atoms with van der Waals surface area (Å²) >= 11 is 1.87. The highest BCUT2D eigenvalue weighted by molar-refractivity contribution is 7.25. The number of hydrogen-bond donors (Lipinski definition) is 0. The molecule has 0 aliphatic heterocycles. The van der Waals surface area contributed by atoms with E-state index in [1.807, 2.05) is 11.3 Å². The lowest BCUT2D eigenvalue weighted by Gasteiger charge is -2.10. The Morgan fingerprint density at radius 1 is 0.333 bits per heavy atom. The van der Waals surface area contributed by atoms with Crippen LogP contribution in [0.4, 0.5) is 0 Å². The maximum Gasteiger partial charge on any atom is 0.0355 e. The zero-order valence-corrected chi connectivity index (χ0v) is 21.9. The summed E-state index contributed by atoms with van der Waals surface area (Å²) < 4.78 is 2.69. The van der Waals surface area contributed by atoms with Crippen molar-refractivity contribution >= 4 is 53.1 Å². The fraction of sp³-hybridized carbons (Fsp3) is 0. The van der Waals surface area contributed by atoms with Gasteiger partial charge in [-0.3, -0.25) is 0 Å². The first kappa shape index (κ1) is 21.2. The van der Waals surface area contributed by atoms with Gasteiger partial charge >= 0.3 is 0 Å². The summed E-state index contributed by atoms with van der Waals surface area (Å²) in [6.07, 6.45) is 0. The molecular formula is C38H22S. The van der Waals surface area contributed by atoms with Crippen LogP contribution in [0.2, 0.25) is 0 Å². The molecule has 8 aromatic rings. The van der Waals surface area contributed by atoms with Crippen molar-refractivity contribution in [2.75, 3.05) is 0 Å². The summed E-state index contributed by atoms with van der Waals surface area (Å²) in [5.74, 6) is 0. The van der Waals surface area contributed by atoms with Crippen LogP contribution < -0.4 is 0 Å². The van der Waals surface area contributed by atoms with Gasteiger partial charge in [-0.1, -0.05) is 97.1 Å². The van der Waals surface area contributed by atoms with Gasteiger partial charge in [-0.2, -0.15) is 0 Å². The molecule has 0 amide bonds. The van der Waals surface area contributed by atoms with Gasteiger partial charge in [0.15, 0.2) is 0 Å². The maximum atomic E-state index is 2.40. The van der Waals surface area contributed by atoms with E-state index in [0.717, 1.165) is 0 Å². The van der Waals surface area contributed by atoms with Crippen molar-refractivity contribution in [3.05, 3.63) is 133 Å². The van der Waals surface area contributed by atoms with E-state index in [1.54, 1.807) is 0 Å². The Morgan fingerprint density at radius 2 is 1.03 bits per heavy atom. The van der Waals surface area contributed by atoms with E-state index in [-0.39, 0.29) is 0 Å². The van der Waals surface area contributed by atoms with E-state index >= 15 is 0 Å². The molecule has 0 N–H and O–H groups in total. The summed E-state index contributed by atoms with van der Waals surface area (Å²) in [5, 5.41) is 8.04. The average molecular weight is 511 g/mol. The van der Waals surface area contributed by atoms with Crippen molar-refractivity contribution in [1.82, 2.24) is 0 Å². The Kier molecular flexibility index (Phi) is 4.30. The average Bonchev–Trinajstić information content (AvgIpc) is 3.53. The molecule has 0 atom stereocenters. The lowest BCUT2D eigenvalue weighted by atomic mass is 9.94. The maximum absolute atomic E-state index is 2.40. The lowest BCUT2D eigenvalue weighted by Crippen LogP contribution is -1.84. The quantitative estimate of drug-likeness (QED) is 0.203. The van der Waals surface area contributed by atoms with Gasteiger partial charge in [0, 0.05) is 20.2 Å². The van der Waals surface area contributed by atoms with Gasteiger partial charge < -0.3 is 0 Å². The molecule has 0 bridgehead atoms. The minimum Gasteiger partial charge on any atom is -0.135 e.